The van der Waals surface area contributed by atoms with E-state index in [9.17, 15) is 9.59 Å². The number of ether oxygens (including phenoxy) is 1. The molecule has 1 aromatic carbocycles. The van der Waals surface area contributed by atoms with E-state index < -0.39 is 0 Å². The highest BCUT2D eigenvalue weighted by Crippen LogP contribution is 2.62. The molecule has 0 bridgehead atoms. The summed E-state index contributed by atoms with van der Waals surface area (Å²) in [4.78, 5) is 32.2. The van der Waals surface area contributed by atoms with Crippen molar-refractivity contribution in [3.8, 4) is 0 Å². The summed E-state index contributed by atoms with van der Waals surface area (Å²) < 4.78 is 7.31. The van der Waals surface area contributed by atoms with E-state index in [1.54, 1.807) is 6.20 Å². The van der Waals surface area contributed by atoms with Crippen molar-refractivity contribution in [3.63, 3.8) is 0 Å². The van der Waals surface area contributed by atoms with E-state index in [0.717, 1.165) is 74.4 Å². The Kier molecular flexibility index (Phi) is 4.89. The van der Waals surface area contributed by atoms with Gasteiger partial charge in [-0.2, -0.15) is 5.10 Å². The highest BCUT2D eigenvalue weighted by Gasteiger charge is 2.59. The fraction of sp³-hybridized carbons (Fsp3) is 0.407. The molecule has 0 radical (unpaired) electrons. The van der Waals surface area contributed by atoms with Crippen molar-refractivity contribution in [2.24, 2.45) is 5.92 Å². The van der Waals surface area contributed by atoms with Crippen LogP contribution in [0.3, 0.4) is 0 Å². The maximum atomic E-state index is 13.2. The highest BCUT2D eigenvalue weighted by atomic mass is 16.5. The van der Waals surface area contributed by atoms with E-state index in [0.29, 0.717) is 17.0 Å². The number of hydrogen-bond donors (Lipinski definition) is 2. The molecule has 9 nitrogen and oxygen atoms in total. The molecule has 2 N–H and O–H groups in total. The van der Waals surface area contributed by atoms with Crippen LogP contribution in [-0.4, -0.2) is 57.8 Å². The summed E-state index contributed by atoms with van der Waals surface area (Å²) in [6.07, 6.45) is 7.38. The number of nitrogens with one attached hydrogen (secondary N) is 2. The van der Waals surface area contributed by atoms with Gasteiger partial charge < -0.3 is 15.0 Å². The highest BCUT2D eigenvalue weighted by molar-refractivity contribution is 5.93. The molecule has 7 rings (SSSR count). The number of morpholine rings is 1. The zero-order chi connectivity index (χ0) is 24.3. The second kappa shape index (κ2) is 8.16. The lowest BCUT2D eigenvalue weighted by molar-refractivity contribution is 0.0919. The lowest BCUT2D eigenvalue weighted by Crippen LogP contribution is -2.39. The number of pyridine rings is 1. The number of amides is 1. The van der Waals surface area contributed by atoms with Crippen molar-refractivity contribution in [1.82, 2.24) is 24.9 Å². The third-order valence-electron chi connectivity index (χ3n) is 8.35. The Labute approximate surface area is 207 Å². The predicted octanol–water partition coefficient (Wildman–Crippen LogP) is 2.65. The molecular weight excluding hydrogens is 456 g/mol. The molecule has 3 atom stereocenters. The van der Waals surface area contributed by atoms with E-state index >= 15 is 0 Å². The molecular formula is C27H28N6O3. The molecule has 3 aromatic heterocycles. The number of aromatic nitrogens is 4. The van der Waals surface area contributed by atoms with Gasteiger partial charge in [-0.25, -0.2) is 10.1 Å². The molecule has 2 saturated carbocycles. The summed E-state index contributed by atoms with van der Waals surface area (Å²) in [6, 6.07) is 11.9. The van der Waals surface area contributed by atoms with E-state index in [2.05, 4.69) is 25.4 Å². The molecule has 1 unspecified atom stereocenters. The molecule has 3 aliphatic rings. The Bertz CT molecular complexity index is 1540. The monoisotopic (exact) mass is 484 g/mol. The zero-order valence-electron chi connectivity index (χ0n) is 19.9. The first kappa shape index (κ1) is 21.6. The SMILES string of the molecule is O=C(N[C@H]1CC[C@@]2(c3n[nH]c(=O)c4ccccc34)CC2C1)c1cnc2cc(N3CCOCC3)ccn12. The average molecular weight is 485 g/mol. The van der Waals surface area contributed by atoms with Gasteiger partial charge in [0.2, 0.25) is 0 Å². The minimum absolute atomic E-state index is 0.00420. The summed E-state index contributed by atoms with van der Waals surface area (Å²) in [5, 5.41) is 12.1. The Balaban J connectivity index is 1.06. The number of benzene rings is 1. The first-order chi connectivity index (χ1) is 17.6. The van der Waals surface area contributed by atoms with Crippen molar-refractivity contribution in [1.29, 1.82) is 0 Å². The van der Waals surface area contributed by atoms with Gasteiger partial charge in [0.15, 0.2) is 0 Å². The Morgan fingerprint density at radius 2 is 2.00 bits per heavy atom. The quantitative estimate of drug-likeness (QED) is 0.462. The number of H-pyrrole nitrogens is 1. The first-order valence-corrected chi connectivity index (χ1v) is 12.7. The normalized spacial score (nSPS) is 25.6. The second-order valence-corrected chi connectivity index (χ2v) is 10.3. The van der Waals surface area contributed by atoms with Crippen molar-refractivity contribution >= 4 is 28.0 Å². The molecule has 0 spiro atoms. The standard InChI is InChI=1S/C27H28N6O3/c34-25-21-4-2-1-3-20(21)24(30-31-25)27-7-5-18(13-17(27)15-27)29-26(35)22-16-28-23-14-19(6-8-33(22)23)32-9-11-36-12-10-32/h1-4,6,8,14,16-18H,5,7,9-13,15H2,(H,29,35)(H,31,34)/t17?,18-,27+/m0/s1. The number of carbonyl (C=O) groups excluding carboxylic acids is 1. The minimum Gasteiger partial charge on any atom is -0.378 e. The van der Waals surface area contributed by atoms with Crippen molar-refractivity contribution in [3.05, 3.63) is 70.5 Å². The van der Waals surface area contributed by atoms with Crippen molar-refractivity contribution < 1.29 is 9.53 Å². The number of imidazole rings is 1. The molecule has 9 heteroatoms. The fourth-order valence-corrected chi connectivity index (χ4v) is 6.34. The van der Waals surface area contributed by atoms with E-state index in [4.69, 9.17) is 4.74 Å². The van der Waals surface area contributed by atoms with E-state index in [-0.39, 0.29) is 22.9 Å². The first-order valence-electron chi connectivity index (χ1n) is 12.7. The van der Waals surface area contributed by atoms with Gasteiger partial charge in [0.25, 0.3) is 11.5 Å². The van der Waals surface area contributed by atoms with E-state index in [1.165, 1.54) is 0 Å². The molecule has 4 heterocycles. The van der Waals surface area contributed by atoms with Crippen LogP contribution < -0.4 is 15.8 Å². The summed E-state index contributed by atoms with van der Waals surface area (Å²) in [7, 11) is 0. The molecule has 2 aliphatic carbocycles. The van der Waals surface area contributed by atoms with Gasteiger partial charge in [0.05, 0.1) is 30.5 Å². The molecule has 1 saturated heterocycles. The lowest BCUT2D eigenvalue weighted by atomic mass is 9.82. The number of fused-ring (bicyclic) bond motifs is 3. The van der Waals surface area contributed by atoms with Crippen LogP contribution in [0.4, 0.5) is 5.69 Å². The smallest absolute Gasteiger partial charge is 0.272 e. The third-order valence-corrected chi connectivity index (χ3v) is 8.35. The Morgan fingerprint density at radius 3 is 2.83 bits per heavy atom. The van der Waals surface area contributed by atoms with Crippen LogP contribution in [0.1, 0.15) is 41.9 Å². The van der Waals surface area contributed by atoms with Crippen LogP contribution in [0, 0.1) is 5.92 Å². The van der Waals surface area contributed by atoms with Crippen LogP contribution >= 0.6 is 0 Å². The summed E-state index contributed by atoms with van der Waals surface area (Å²) in [5.41, 5.74) is 3.29. The number of carbonyl (C=O) groups is 1. The van der Waals surface area contributed by atoms with Gasteiger partial charge >= 0.3 is 0 Å². The van der Waals surface area contributed by atoms with Crippen LogP contribution in [0.5, 0.6) is 0 Å². The molecule has 184 valence electrons. The minimum atomic E-state index is -0.144. The Hall–Kier alpha value is -3.72. The van der Waals surface area contributed by atoms with Crippen LogP contribution in [0.15, 0.2) is 53.6 Å². The summed E-state index contributed by atoms with van der Waals surface area (Å²) in [6.45, 7) is 3.18. The fourth-order valence-electron chi connectivity index (χ4n) is 6.34. The molecule has 1 aliphatic heterocycles. The van der Waals surface area contributed by atoms with Crippen molar-refractivity contribution in [2.45, 2.75) is 37.1 Å². The van der Waals surface area contributed by atoms with Gasteiger partial charge in [-0.05, 0) is 43.7 Å². The van der Waals surface area contributed by atoms with Gasteiger partial charge in [-0.3, -0.25) is 14.0 Å². The van der Waals surface area contributed by atoms with Crippen LogP contribution in [-0.2, 0) is 10.2 Å². The largest absolute Gasteiger partial charge is 0.378 e. The number of rotatable bonds is 4. The second-order valence-electron chi connectivity index (χ2n) is 10.3. The average Bonchev–Trinajstić information content (AvgIpc) is 3.49. The number of aromatic amines is 1. The van der Waals surface area contributed by atoms with Gasteiger partial charge in [-0.15, -0.1) is 0 Å². The van der Waals surface area contributed by atoms with Crippen molar-refractivity contribution in [2.75, 3.05) is 31.2 Å². The lowest BCUT2D eigenvalue weighted by Gasteiger charge is -2.29. The maximum Gasteiger partial charge on any atom is 0.272 e. The molecule has 36 heavy (non-hydrogen) atoms. The summed E-state index contributed by atoms with van der Waals surface area (Å²) >= 11 is 0. The molecule has 4 aromatic rings. The van der Waals surface area contributed by atoms with Crippen LogP contribution in [0.25, 0.3) is 16.4 Å². The predicted molar refractivity (Wildman–Crippen MR) is 135 cm³/mol. The summed E-state index contributed by atoms with van der Waals surface area (Å²) in [5.74, 6) is 0.365. The molecule has 1 amide bonds. The van der Waals surface area contributed by atoms with Crippen LogP contribution in [0.2, 0.25) is 0 Å². The number of nitrogens with zero attached hydrogens (tertiary/aromatic N) is 4. The Morgan fingerprint density at radius 1 is 1.17 bits per heavy atom. The zero-order valence-corrected chi connectivity index (χ0v) is 19.9. The maximum absolute atomic E-state index is 13.2. The third kappa shape index (κ3) is 3.41. The topological polar surface area (TPSA) is 105 Å². The molecule has 3 fully saturated rings. The number of anilines is 1. The number of hydrogen-bond acceptors (Lipinski definition) is 6. The van der Waals surface area contributed by atoms with Gasteiger partial charge in [-0.1, -0.05) is 18.2 Å². The van der Waals surface area contributed by atoms with Gasteiger partial charge in [0.1, 0.15) is 11.3 Å². The van der Waals surface area contributed by atoms with Gasteiger partial charge in [0, 0.05) is 47.9 Å². The van der Waals surface area contributed by atoms with E-state index in [1.807, 2.05) is 47.0 Å².